The maximum absolute atomic E-state index is 12.3. The molecule has 102 valence electrons. The Morgan fingerprint density at radius 3 is 2.63 bits per heavy atom. The van der Waals surface area contributed by atoms with Crippen molar-refractivity contribution in [3.8, 4) is 0 Å². The van der Waals surface area contributed by atoms with Gasteiger partial charge in [-0.15, -0.1) is 0 Å². The smallest absolute Gasteiger partial charge is 0.252 e. The van der Waals surface area contributed by atoms with E-state index >= 15 is 0 Å². The van der Waals surface area contributed by atoms with Crippen molar-refractivity contribution < 1.29 is 4.79 Å². The first kappa shape index (κ1) is 13.4. The zero-order valence-corrected chi connectivity index (χ0v) is 12.8. The second-order valence-electron chi connectivity index (χ2n) is 5.40. The van der Waals surface area contributed by atoms with Gasteiger partial charge in [0.2, 0.25) is 0 Å². The highest BCUT2D eigenvalue weighted by atomic mass is 79.9. The van der Waals surface area contributed by atoms with Gasteiger partial charge >= 0.3 is 0 Å². The van der Waals surface area contributed by atoms with Crippen LogP contribution in [0.4, 0.5) is 0 Å². The number of nitrogens with one attached hydrogen (secondary N) is 2. The van der Waals surface area contributed by atoms with Crippen LogP contribution >= 0.6 is 27.5 Å². The van der Waals surface area contributed by atoms with Gasteiger partial charge in [-0.05, 0) is 59.8 Å². The lowest BCUT2D eigenvalue weighted by atomic mass is 9.99. The fourth-order valence-electron chi connectivity index (χ4n) is 3.11. The molecule has 0 aliphatic carbocycles. The molecule has 2 fully saturated rings. The molecule has 1 amide bonds. The highest BCUT2D eigenvalue weighted by Crippen LogP contribution is 2.27. The molecule has 3 rings (SSSR count). The summed E-state index contributed by atoms with van der Waals surface area (Å²) in [6.07, 6.45) is 4.55. The Morgan fingerprint density at radius 1 is 1.32 bits per heavy atom. The third-order valence-electron chi connectivity index (χ3n) is 3.98. The molecule has 2 N–H and O–H groups in total. The van der Waals surface area contributed by atoms with Gasteiger partial charge in [0, 0.05) is 27.6 Å². The van der Waals surface area contributed by atoms with E-state index in [2.05, 4.69) is 26.6 Å². The number of rotatable bonds is 2. The summed E-state index contributed by atoms with van der Waals surface area (Å²) >= 11 is 9.28. The molecule has 2 aliphatic rings. The zero-order chi connectivity index (χ0) is 13.4. The molecule has 1 aromatic carbocycles. The average molecular weight is 344 g/mol. The minimum Gasteiger partial charge on any atom is -0.349 e. The number of benzene rings is 1. The van der Waals surface area contributed by atoms with Gasteiger partial charge in [-0.25, -0.2) is 0 Å². The highest BCUT2D eigenvalue weighted by molar-refractivity contribution is 9.10. The van der Waals surface area contributed by atoms with Crippen molar-refractivity contribution in [1.29, 1.82) is 0 Å². The number of piperidine rings is 1. The van der Waals surface area contributed by atoms with Crippen molar-refractivity contribution in [2.45, 2.75) is 43.8 Å². The topological polar surface area (TPSA) is 41.1 Å². The Kier molecular flexibility index (Phi) is 3.83. The van der Waals surface area contributed by atoms with Crippen LogP contribution in [0, 0.1) is 0 Å². The minimum absolute atomic E-state index is 0.0187. The van der Waals surface area contributed by atoms with E-state index < -0.39 is 0 Å². The van der Waals surface area contributed by atoms with E-state index in [0.717, 1.165) is 17.3 Å². The van der Waals surface area contributed by atoms with Crippen LogP contribution in [0.3, 0.4) is 0 Å². The molecular formula is C14H16BrClN2O. The normalized spacial score (nSPS) is 29.3. The number of halogens is 2. The van der Waals surface area contributed by atoms with E-state index in [1.807, 2.05) is 0 Å². The molecule has 2 aliphatic heterocycles. The standard InChI is InChI=1S/C14H16BrClN2O/c15-13-5-8(16)1-4-12(13)14(19)18-11-6-9-2-3-10(7-11)17-9/h1,4-5,9-11,17H,2-3,6-7H2,(H,18,19). The Labute approximate surface area is 126 Å². The number of hydrogen-bond donors (Lipinski definition) is 2. The van der Waals surface area contributed by atoms with Crippen LogP contribution in [0.1, 0.15) is 36.0 Å². The molecule has 19 heavy (non-hydrogen) atoms. The molecule has 5 heteroatoms. The monoisotopic (exact) mass is 342 g/mol. The van der Waals surface area contributed by atoms with Crippen LogP contribution in [0.5, 0.6) is 0 Å². The molecule has 0 radical (unpaired) electrons. The van der Waals surface area contributed by atoms with Gasteiger partial charge in [-0.2, -0.15) is 0 Å². The van der Waals surface area contributed by atoms with Crippen molar-refractivity contribution in [3.63, 3.8) is 0 Å². The highest BCUT2D eigenvalue weighted by Gasteiger charge is 2.34. The predicted octanol–water partition coefficient (Wildman–Crippen LogP) is 3.12. The number of fused-ring (bicyclic) bond motifs is 2. The van der Waals surface area contributed by atoms with Crippen LogP contribution in [0.15, 0.2) is 22.7 Å². The van der Waals surface area contributed by atoms with E-state index in [9.17, 15) is 4.79 Å². The molecule has 2 unspecified atom stereocenters. The van der Waals surface area contributed by atoms with E-state index in [-0.39, 0.29) is 11.9 Å². The Balaban J connectivity index is 1.68. The summed E-state index contributed by atoms with van der Waals surface area (Å²) in [5, 5.41) is 7.35. The third-order valence-corrected chi connectivity index (χ3v) is 4.88. The fraction of sp³-hybridized carbons (Fsp3) is 0.500. The van der Waals surface area contributed by atoms with Crippen LogP contribution in [-0.2, 0) is 0 Å². The summed E-state index contributed by atoms with van der Waals surface area (Å²) in [6, 6.07) is 6.71. The van der Waals surface area contributed by atoms with E-state index in [4.69, 9.17) is 11.6 Å². The first-order chi connectivity index (χ1) is 9.11. The van der Waals surface area contributed by atoms with E-state index in [1.54, 1.807) is 18.2 Å². The second-order valence-corrected chi connectivity index (χ2v) is 6.69. The number of carbonyl (C=O) groups is 1. The third kappa shape index (κ3) is 2.96. The molecule has 2 bridgehead atoms. The summed E-state index contributed by atoms with van der Waals surface area (Å²) < 4.78 is 0.745. The predicted molar refractivity (Wildman–Crippen MR) is 79.6 cm³/mol. The molecule has 3 nitrogen and oxygen atoms in total. The largest absolute Gasteiger partial charge is 0.349 e. The number of carbonyl (C=O) groups excluding carboxylic acids is 1. The van der Waals surface area contributed by atoms with Gasteiger partial charge in [-0.3, -0.25) is 4.79 Å². The van der Waals surface area contributed by atoms with E-state index in [1.165, 1.54) is 12.8 Å². The van der Waals surface area contributed by atoms with Crippen molar-refractivity contribution in [2.24, 2.45) is 0 Å². The molecular weight excluding hydrogens is 328 g/mol. The second kappa shape index (κ2) is 5.43. The molecule has 2 atom stereocenters. The Bertz CT molecular complexity index is 496. The zero-order valence-electron chi connectivity index (χ0n) is 10.5. The maximum atomic E-state index is 12.3. The van der Waals surface area contributed by atoms with Gasteiger partial charge in [0.1, 0.15) is 0 Å². The molecule has 0 saturated carbocycles. The lowest BCUT2D eigenvalue weighted by Crippen LogP contribution is -2.48. The van der Waals surface area contributed by atoms with Gasteiger partial charge in [0.05, 0.1) is 5.56 Å². The summed E-state index contributed by atoms with van der Waals surface area (Å²) in [7, 11) is 0. The van der Waals surface area contributed by atoms with Crippen LogP contribution < -0.4 is 10.6 Å². The van der Waals surface area contributed by atoms with Crippen molar-refractivity contribution >= 4 is 33.4 Å². The van der Waals surface area contributed by atoms with Crippen molar-refractivity contribution in [1.82, 2.24) is 10.6 Å². The summed E-state index contributed by atoms with van der Waals surface area (Å²) in [4.78, 5) is 12.3. The number of hydrogen-bond acceptors (Lipinski definition) is 2. The van der Waals surface area contributed by atoms with Crippen LogP contribution in [-0.4, -0.2) is 24.0 Å². The lowest BCUT2D eigenvalue weighted by Gasteiger charge is -2.29. The SMILES string of the molecule is O=C(NC1CC2CCC(C1)N2)c1ccc(Cl)cc1Br. The van der Waals surface area contributed by atoms with Gasteiger partial charge in [0.15, 0.2) is 0 Å². The maximum Gasteiger partial charge on any atom is 0.252 e. The first-order valence-electron chi connectivity index (χ1n) is 6.64. The molecule has 0 aromatic heterocycles. The number of amides is 1. The average Bonchev–Trinajstić information content (AvgIpc) is 2.68. The van der Waals surface area contributed by atoms with Crippen molar-refractivity contribution in [2.75, 3.05) is 0 Å². The van der Waals surface area contributed by atoms with Gasteiger partial charge in [0.25, 0.3) is 5.91 Å². The molecule has 0 spiro atoms. The Morgan fingerprint density at radius 2 is 2.00 bits per heavy atom. The fourth-order valence-corrected chi connectivity index (χ4v) is 3.97. The van der Waals surface area contributed by atoms with Crippen molar-refractivity contribution in [3.05, 3.63) is 33.3 Å². The van der Waals surface area contributed by atoms with E-state index in [0.29, 0.717) is 22.7 Å². The summed E-state index contributed by atoms with van der Waals surface area (Å²) in [5.74, 6) is -0.0187. The van der Waals surface area contributed by atoms with Gasteiger partial charge < -0.3 is 10.6 Å². The summed E-state index contributed by atoms with van der Waals surface area (Å²) in [5.41, 5.74) is 0.648. The molecule has 2 saturated heterocycles. The van der Waals surface area contributed by atoms with Crippen LogP contribution in [0.25, 0.3) is 0 Å². The lowest BCUT2D eigenvalue weighted by molar-refractivity contribution is 0.0923. The Hall–Kier alpha value is -0.580. The quantitative estimate of drug-likeness (QED) is 0.866. The minimum atomic E-state index is -0.0187. The first-order valence-corrected chi connectivity index (χ1v) is 7.81. The molecule has 1 aromatic rings. The molecule has 2 heterocycles. The van der Waals surface area contributed by atoms with Gasteiger partial charge in [-0.1, -0.05) is 11.6 Å². The van der Waals surface area contributed by atoms with Crippen LogP contribution in [0.2, 0.25) is 5.02 Å². The summed E-state index contributed by atoms with van der Waals surface area (Å²) in [6.45, 7) is 0.